The molecule has 1 heterocycles. The van der Waals surface area contributed by atoms with Gasteiger partial charge in [0.1, 0.15) is 18.2 Å². The molecule has 18 heavy (non-hydrogen) atoms. The van der Waals surface area contributed by atoms with Crippen LogP contribution < -0.4 is 4.74 Å². The number of aliphatic hydroxyl groups excluding tert-OH is 2. The first kappa shape index (κ1) is 12.9. The van der Waals surface area contributed by atoms with E-state index < -0.39 is 0 Å². The van der Waals surface area contributed by atoms with Crippen LogP contribution in [0, 0.1) is 0 Å². The Labute approximate surface area is 106 Å². The average molecular weight is 250 g/mol. The summed E-state index contributed by atoms with van der Waals surface area (Å²) in [7, 11) is 0. The van der Waals surface area contributed by atoms with Crippen molar-refractivity contribution in [3.05, 3.63) is 24.0 Å². The van der Waals surface area contributed by atoms with E-state index in [9.17, 15) is 5.11 Å². The highest BCUT2D eigenvalue weighted by molar-refractivity contribution is 5.77. The highest BCUT2D eigenvalue weighted by Crippen LogP contribution is 2.22. The van der Waals surface area contributed by atoms with Crippen molar-refractivity contribution >= 4 is 11.0 Å². The van der Waals surface area contributed by atoms with Gasteiger partial charge < -0.3 is 19.5 Å². The molecule has 1 aromatic carbocycles. The van der Waals surface area contributed by atoms with Crippen LogP contribution >= 0.6 is 0 Å². The molecule has 0 bridgehead atoms. The molecule has 0 amide bonds. The van der Waals surface area contributed by atoms with E-state index >= 15 is 0 Å². The molecule has 5 nitrogen and oxygen atoms in total. The van der Waals surface area contributed by atoms with Crippen molar-refractivity contribution in [2.75, 3.05) is 13.2 Å². The number of aliphatic hydroxyl groups is 2. The lowest BCUT2D eigenvalue weighted by molar-refractivity contribution is 0.248. The Morgan fingerprint density at radius 2 is 2.17 bits per heavy atom. The topological polar surface area (TPSA) is 67.5 Å². The SMILES string of the molecule is CCCOc1ccc2c(c1)nc(CO)n2CCO. The maximum absolute atomic E-state index is 9.26. The molecular weight excluding hydrogens is 232 g/mol. The lowest BCUT2D eigenvalue weighted by atomic mass is 10.3. The quantitative estimate of drug-likeness (QED) is 0.811. The predicted molar refractivity (Wildman–Crippen MR) is 68.5 cm³/mol. The molecule has 98 valence electrons. The highest BCUT2D eigenvalue weighted by Gasteiger charge is 2.10. The maximum atomic E-state index is 9.26. The third kappa shape index (κ3) is 2.47. The molecule has 0 fully saturated rings. The lowest BCUT2D eigenvalue weighted by Gasteiger charge is -2.06. The molecule has 0 saturated carbocycles. The number of hydrogen-bond acceptors (Lipinski definition) is 4. The van der Waals surface area contributed by atoms with Crippen molar-refractivity contribution in [2.45, 2.75) is 26.5 Å². The maximum Gasteiger partial charge on any atom is 0.135 e. The van der Waals surface area contributed by atoms with Gasteiger partial charge in [0.05, 0.1) is 24.2 Å². The van der Waals surface area contributed by atoms with Gasteiger partial charge in [-0.3, -0.25) is 0 Å². The smallest absolute Gasteiger partial charge is 0.135 e. The van der Waals surface area contributed by atoms with E-state index in [1.165, 1.54) is 0 Å². The van der Waals surface area contributed by atoms with Gasteiger partial charge in [-0.15, -0.1) is 0 Å². The molecule has 0 unspecified atom stereocenters. The standard InChI is InChI=1S/C13H18N2O3/c1-2-7-18-10-3-4-12-11(8-10)14-13(9-17)15(12)5-6-16/h3-4,8,16-17H,2,5-7,9H2,1H3. The van der Waals surface area contributed by atoms with E-state index in [0.717, 1.165) is 23.2 Å². The van der Waals surface area contributed by atoms with Gasteiger partial charge in [0.15, 0.2) is 0 Å². The molecule has 0 spiro atoms. The first-order valence-corrected chi connectivity index (χ1v) is 6.13. The molecular formula is C13H18N2O3. The summed E-state index contributed by atoms with van der Waals surface area (Å²) in [4.78, 5) is 4.34. The van der Waals surface area contributed by atoms with Gasteiger partial charge in [-0.05, 0) is 18.6 Å². The Bertz CT molecular complexity index is 522. The second-order valence-corrected chi connectivity index (χ2v) is 4.06. The summed E-state index contributed by atoms with van der Waals surface area (Å²) in [6.45, 7) is 3.04. The normalized spacial score (nSPS) is 11.1. The van der Waals surface area contributed by atoms with Gasteiger partial charge >= 0.3 is 0 Å². The third-order valence-electron chi connectivity index (χ3n) is 2.74. The van der Waals surface area contributed by atoms with Crippen molar-refractivity contribution < 1.29 is 14.9 Å². The second kappa shape index (κ2) is 5.84. The van der Waals surface area contributed by atoms with E-state index in [1.54, 1.807) is 0 Å². The fourth-order valence-corrected chi connectivity index (χ4v) is 1.94. The van der Waals surface area contributed by atoms with Crippen molar-refractivity contribution in [1.82, 2.24) is 9.55 Å². The van der Waals surface area contributed by atoms with E-state index in [2.05, 4.69) is 11.9 Å². The second-order valence-electron chi connectivity index (χ2n) is 4.06. The number of fused-ring (bicyclic) bond motifs is 1. The number of imidazole rings is 1. The molecule has 0 radical (unpaired) electrons. The fraction of sp³-hybridized carbons (Fsp3) is 0.462. The molecule has 2 rings (SSSR count). The van der Waals surface area contributed by atoms with E-state index in [1.807, 2.05) is 22.8 Å². The van der Waals surface area contributed by atoms with Crippen LogP contribution in [0.3, 0.4) is 0 Å². The monoisotopic (exact) mass is 250 g/mol. The van der Waals surface area contributed by atoms with Crippen LogP contribution in [0.2, 0.25) is 0 Å². The Balaban J connectivity index is 2.38. The summed E-state index contributed by atoms with van der Waals surface area (Å²) < 4.78 is 7.36. The molecule has 5 heteroatoms. The van der Waals surface area contributed by atoms with Crippen molar-refractivity contribution in [1.29, 1.82) is 0 Å². The molecule has 2 N–H and O–H groups in total. The van der Waals surface area contributed by atoms with Gasteiger partial charge in [-0.1, -0.05) is 6.92 Å². The van der Waals surface area contributed by atoms with E-state index in [4.69, 9.17) is 9.84 Å². The highest BCUT2D eigenvalue weighted by atomic mass is 16.5. The summed E-state index contributed by atoms with van der Waals surface area (Å²) >= 11 is 0. The summed E-state index contributed by atoms with van der Waals surface area (Å²) in [6, 6.07) is 5.65. The minimum atomic E-state index is -0.139. The molecule has 0 atom stereocenters. The van der Waals surface area contributed by atoms with Gasteiger partial charge in [0.2, 0.25) is 0 Å². The fourth-order valence-electron chi connectivity index (χ4n) is 1.94. The largest absolute Gasteiger partial charge is 0.494 e. The number of nitrogens with zero attached hydrogens (tertiary/aromatic N) is 2. The minimum absolute atomic E-state index is 0.0204. The Hall–Kier alpha value is -1.59. The van der Waals surface area contributed by atoms with Crippen LogP contribution in [0.25, 0.3) is 11.0 Å². The molecule has 0 aliphatic rings. The van der Waals surface area contributed by atoms with Crippen LogP contribution in [0.15, 0.2) is 18.2 Å². The van der Waals surface area contributed by atoms with Gasteiger partial charge in [-0.2, -0.15) is 0 Å². The molecule has 2 aromatic rings. The molecule has 1 aromatic heterocycles. The minimum Gasteiger partial charge on any atom is -0.494 e. The number of aromatic nitrogens is 2. The van der Waals surface area contributed by atoms with Crippen LogP contribution in [-0.2, 0) is 13.2 Å². The Morgan fingerprint density at radius 3 is 2.83 bits per heavy atom. The third-order valence-corrected chi connectivity index (χ3v) is 2.74. The number of ether oxygens (including phenoxy) is 1. The van der Waals surface area contributed by atoms with Gasteiger partial charge in [-0.25, -0.2) is 4.98 Å². The van der Waals surface area contributed by atoms with Gasteiger partial charge in [0, 0.05) is 12.6 Å². The van der Waals surface area contributed by atoms with Crippen molar-refractivity contribution in [3.63, 3.8) is 0 Å². The zero-order valence-electron chi connectivity index (χ0n) is 10.5. The number of hydrogen-bond donors (Lipinski definition) is 2. The summed E-state index contributed by atoms with van der Waals surface area (Å²) in [5, 5.41) is 18.3. The van der Waals surface area contributed by atoms with Gasteiger partial charge in [0.25, 0.3) is 0 Å². The van der Waals surface area contributed by atoms with Crippen molar-refractivity contribution in [2.24, 2.45) is 0 Å². The zero-order valence-corrected chi connectivity index (χ0v) is 10.5. The predicted octanol–water partition coefficient (Wildman–Crippen LogP) is 1.31. The van der Waals surface area contributed by atoms with Crippen LogP contribution in [0.4, 0.5) is 0 Å². The molecule has 0 aliphatic carbocycles. The first-order chi connectivity index (χ1) is 8.80. The molecule has 0 saturated heterocycles. The molecule has 0 aliphatic heterocycles. The Morgan fingerprint density at radius 1 is 1.33 bits per heavy atom. The number of benzene rings is 1. The van der Waals surface area contributed by atoms with E-state index in [0.29, 0.717) is 19.0 Å². The summed E-state index contributed by atoms with van der Waals surface area (Å²) in [5.74, 6) is 1.34. The van der Waals surface area contributed by atoms with Crippen LogP contribution in [0.1, 0.15) is 19.2 Å². The van der Waals surface area contributed by atoms with Crippen LogP contribution in [-0.4, -0.2) is 33.0 Å². The first-order valence-electron chi connectivity index (χ1n) is 6.13. The number of rotatable bonds is 6. The zero-order chi connectivity index (χ0) is 13.0. The van der Waals surface area contributed by atoms with Crippen molar-refractivity contribution in [3.8, 4) is 5.75 Å². The van der Waals surface area contributed by atoms with Crippen LogP contribution in [0.5, 0.6) is 5.75 Å². The average Bonchev–Trinajstić information content (AvgIpc) is 2.74. The summed E-state index contributed by atoms with van der Waals surface area (Å²) in [5.41, 5.74) is 1.68. The lowest BCUT2D eigenvalue weighted by Crippen LogP contribution is -2.06. The summed E-state index contributed by atoms with van der Waals surface area (Å²) in [6.07, 6.45) is 0.957. The Kier molecular flexibility index (Phi) is 4.17. The van der Waals surface area contributed by atoms with E-state index in [-0.39, 0.29) is 13.2 Å².